The Morgan fingerprint density at radius 1 is 1.33 bits per heavy atom. The van der Waals surface area contributed by atoms with Crippen LogP contribution in [0, 0.1) is 22.7 Å². The van der Waals surface area contributed by atoms with Crippen LogP contribution in [0.3, 0.4) is 0 Å². The van der Waals surface area contributed by atoms with Crippen LogP contribution < -0.4 is 5.32 Å². The Bertz CT molecular complexity index is 509. The Morgan fingerprint density at radius 2 is 2.20 bits per heavy atom. The first-order valence-electron chi connectivity index (χ1n) is 4.38. The molecule has 0 saturated carbocycles. The molecular formula is C11H7N3S. The lowest BCUT2D eigenvalue weighted by molar-refractivity contribution is 1.06. The maximum Gasteiger partial charge on any atom is 0.0973 e. The summed E-state index contributed by atoms with van der Waals surface area (Å²) >= 11 is 1.57. The van der Waals surface area contributed by atoms with E-state index in [0.29, 0.717) is 17.6 Å². The van der Waals surface area contributed by atoms with E-state index in [1.54, 1.807) is 17.5 Å². The second-order valence-corrected chi connectivity index (χ2v) is 3.99. The molecule has 1 aliphatic heterocycles. The molecule has 0 atom stereocenters. The molecule has 4 heteroatoms. The van der Waals surface area contributed by atoms with E-state index in [4.69, 9.17) is 10.5 Å². The summed E-state index contributed by atoms with van der Waals surface area (Å²) in [5.41, 5.74) is 2.04. The Balaban J connectivity index is 2.38. The molecule has 1 aromatic rings. The van der Waals surface area contributed by atoms with Gasteiger partial charge in [0, 0.05) is 12.6 Å². The van der Waals surface area contributed by atoms with E-state index in [-0.39, 0.29) is 0 Å². The van der Waals surface area contributed by atoms with Crippen LogP contribution in [0.2, 0.25) is 0 Å². The van der Waals surface area contributed by atoms with Crippen LogP contribution in [-0.2, 0) is 0 Å². The van der Waals surface area contributed by atoms with Gasteiger partial charge in [0.1, 0.15) is 0 Å². The molecule has 1 aromatic heterocycles. The first-order valence-corrected chi connectivity index (χ1v) is 5.26. The summed E-state index contributed by atoms with van der Waals surface area (Å²) in [6.07, 6.45) is 2.09. The molecular weight excluding hydrogens is 206 g/mol. The molecule has 0 fully saturated rings. The van der Waals surface area contributed by atoms with Crippen molar-refractivity contribution in [3.63, 3.8) is 0 Å². The van der Waals surface area contributed by atoms with Crippen LogP contribution in [0.25, 0.3) is 5.70 Å². The third kappa shape index (κ3) is 1.76. The Hall–Kier alpha value is -2.04. The zero-order chi connectivity index (χ0) is 10.7. The predicted molar refractivity (Wildman–Crippen MR) is 58.3 cm³/mol. The summed E-state index contributed by atoms with van der Waals surface area (Å²) in [7, 11) is 0. The van der Waals surface area contributed by atoms with Crippen LogP contribution >= 0.6 is 11.3 Å². The van der Waals surface area contributed by atoms with E-state index in [1.807, 2.05) is 17.5 Å². The van der Waals surface area contributed by atoms with Gasteiger partial charge < -0.3 is 5.32 Å². The molecule has 3 nitrogen and oxygen atoms in total. The minimum atomic E-state index is 0.424. The van der Waals surface area contributed by atoms with E-state index < -0.39 is 0 Å². The monoisotopic (exact) mass is 213 g/mol. The summed E-state index contributed by atoms with van der Waals surface area (Å²) in [6, 6.07) is 8.08. The predicted octanol–water partition coefficient (Wildman–Crippen LogP) is 2.38. The third-order valence-electron chi connectivity index (χ3n) is 2.11. The highest BCUT2D eigenvalue weighted by molar-refractivity contribution is 7.11. The van der Waals surface area contributed by atoms with Crippen molar-refractivity contribution in [1.82, 2.24) is 5.32 Å². The molecule has 0 spiro atoms. The number of hydrogen-bond donors (Lipinski definition) is 1. The fourth-order valence-electron chi connectivity index (χ4n) is 1.38. The highest BCUT2D eigenvalue weighted by Crippen LogP contribution is 2.27. The van der Waals surface area contributed by atoms with Gasteiger partial charge in [-0.2, -0.15) is 10.5 Å². The number of allylic oxidation sites excluding steroid dienone is 2. The minimum absolute atomic E-state index is 0.424. The molecule has 0 bridgehead atoms. The lowest BCUT2D eigenvalue weighted by Gasteiger charge is -2.13. The Labute approximate surface area is 91.6 Å². The molecule has 0 amide bonds. The normalized spacial score (nSPS) is 14.9. The van der Waals surface area contributed by atoms with Crippen LogP contribution in [0.15, 0.2) is 34.9 Å². The largest absolute Gasteiger partial charge is 0.359 e. The van der Waals surface area contributed by atoms with Crippen molar-refractivity contribution in [2.45, 2.75) is 6.42 Å². The van der Waals surface area contributed by atoms with Gasteiger partial charge in [-0.1, -0.05) is 6.07 Å². The van der Waals surface area contributed by atoms with Crippen LogP contribution in [0.4, 0.5) is 0 Å². The van der Waals surface area contributed by atoms with Crippen molar-refractivity contribution in [1.29, 1.82) is 10.5 Å². The van der Waals surface area contributed by atoms with Gasteiger partial charge in [0.25, 0.3) is 0 Å². The number of nitrogens with one attached hydrogen (secondary N) is 1. The van der Waals surface area contributed by atoms with Gasteiger partial charge in [-0.25, -0.2) is 0 Å². The summed E-state index contributed by atoms with van der Waals surface area (Å²) in [4.78, 5) is 1.03. The molecule has 0 aliphatic carbocycles. The van der Waals surface area contributed by atoms with E-state index >= 15 is 0 Å². The lowest BCUT2D eigenvalue weighted by Crippen LogP contribution is -2.12. The van der Waals surface area contributed by atoms with Crippen LogP contribution in [0.1, 0.15) is 11.3 Å². The molecule has 2 heterocycles. The number of nitrogens with zero attached hydrogens (tertiary/aromatic N) is 2. The van der Waals surface area contributed by atoms with Crippen molar-refractivity contribution >= 4 is 17.0 Å². The first kappa shape index (κ1) is 9.51. The Morgan fingerprint density at radius 3 is 2.80 bits per heavy atom. The quantitative estimate of drug-likeness (QED) is 0.779. The van der Waals surface area contributed by atoms with Crippen LogP contribution in [-0.4, -0.2) is 0 Å². The number of dihydropyridines is 1. The molecule has 0 radical (unpaired) electrons. The van der Waals surface area contributed by atoms with Gasteiger partial charge in [0.05, 0.1) is 33.9 Å². The summed E-state index contributed by atoms with van der Waals surface area (Å²) in [5.74, 6) is 0. The van der Waals surface area contributed by atoms with Gasteiger partial charge in [-0.3, -0.25) is 0 Å². The smallest absolute Gasteiger partial charge is 0.0973 e. The topological polar surface area (TPSA) is 59.6 Å². The zero-order valence-corrected chi connectivity index (χ0v) is 8.64. The summed E-state index contributed by atoms with van der Waals surface area (Å²) in [5, 5.41) is 22.7. The van der Waals surface area contributed by atoms with E-state index in [0.717, 1.165) is 10.6 Å². The van der Waals surface area contributed by atoms with Crippen molar-refractivity contribution < 1.29 is 0 Å². The van der Waals surface area contributed by atoms with E-state index in [2.05, 4.69) is 17.5 Å². The molecule has 2 rings (SSSR count). The number of rotatable bonds is 1. The van der Waals surface area contributed by atoms with E-state index in [1.165, 1.54) is 0 Å². The second kappa shape index (κ2) is 4.00. The summed E-state index contributed by atoms with van der Waals surface area (Å²) in [6.45, 7) is 0. The lowest BCUT2D eigenvalue weighted by atomic mass is 10.0. The van der Waals surface area contributed by atoms with Gasteiger partial charge >= 0.3 is 0 Å². The SMILES string of the molecule is N#CC1=CNC(c2cccs2)=C(C#N)C1. The average molecular weight is 213 g/mol. The molecule has 72 valence electrons. The average Bonchev–Trinajstić information content (AvgIpc) is 2.81. The molecule has 15 heavy (non-hydrogen) atoms. The Kier molecular flexibility index (Phi) is 2.53. The highest BCUT2D eigenvalue weighted by Gasteiger charge is 2.15. The maximum absolute atomic E-state index is 8.99. The highest BCUT2D eigenvalue weighted by atomic mass is 32.1. The van der Waals surface area contributed by atoms with Crippen molar-refractivity contribution in [2.24, 2.45) is 0 Å². The standard InChI is InChI=1S/C11H7N3S/c12-5-8-4-9(6-13)11(14-7-8)10-2-1-3-15-10/h1-3,7,14H,4H2. The van der Waals surface area contributed by atoms with Gasteiger partial charge in [0.15, 0.2) is 0 Å². The second-order valence-electron chi connectivity index (χ2n) is 3.05. The first-order chi connectivity index (χ1) is 7.35. The fourth-order valence-corrected chi connectivity index (χ4v) is 2.15. The number of thiophene rings is 1. The van der Waals surface area contributed by atoms with E-state index in [9.17, 15) is 0 Å². The number of nitriles is 2. The zero-order valence-electron chi connectivity index (χ0n) is 7.82. The van der Waals surface area contributed by atoms with Crippen molar-refractivity contribution in [3.8, 4) is 12.1 Å². The van der Waals surface area contributed by atoms with Crippen molar-refractivity contribution in [3.05, 3.63) is 39.7 Å². The molecule has 0 saturated heterocycles. The molecule has 0 unspecified atom stereocenters. The molecule has 1 aliphatic rings. The summed E-state index contributed by atoms with van der Waals surface area (Å²) < 4.78 is 0. The number of hydrogen-bond acceptors (Lipinski definition) is 4. The maximum atomic E-state index is 8.99. The molecule has 0 aromatic carbocycles. The fraction of sp³-hybridized carbons (Fsp3) is 0.0909. The minimum Gasteiger partial charge on any atom is -0.359 e. The van der Waals surface area contributed by atoms with Gasteiger partial charge in [-0.05, 0) is 11.4 Å². The molecule has 1 N–H and O–H groups in total. The van der Waals surface area contributed by atoms with Crippen molar-refractivity contribution in [2.75, 3.05) is 0 Å². The third-order valence-corrected chi connectivity index (χ3v) is 2.99. The van der Waals surface area contributed by atoms with Gasteiger partial charge in [-0.15, -0.1) is 11.3 Å². The van der Waals surface area contributed by atoms with Crippen LogP contribution in [0.5, 0.6) is 0 Å². The van der Waals surface area contributed by atoms with Gasteiger partial charge in [0.2, 0.25) is 0 Å².